The number of aryl methyl sites for hydroxylation is 2. The number of imidazole rings is 1. The number of fused-ring (bicyclic) bond motifs is 6. The van der Waals surface area contributed by atoms with Crippen LogP contribution in [0.5, 0.6) is 11.5 Å². The molecule has 0 saturated heterocycles. The summed E-state index contributed by atoms with van der Waals surface area (Å²) in [7, 11) is 0. The van der Waals surface area contributed by atoms with Gasteiger partial charge in [-0.15, -0.1) is 53.6 Å². The van der Waals surface area contributed by atoms with Crippen LogP contribution in [0.4, 0.5) is 0 Å². The number of hydrogen-bond donors (Lipinski definition) is 0. The second-order valence-electron chi connectivity index (χ2n) is 16.0. The van der Waals surface area contributed by atoms with E-state index < -0.39 is 13.7 Å². The van der Waals surface area contributed by atoms with Gasteiger partial charge >= 0.3 is 0 Å². The second kappa shape index (κ2) is 15.7. The van der Waals surface area contributed by atoms with Crippen molar-refractivity contribution < 1.29 is 37.5 Å². The summed E-state index contributed by atoms with van der Waals surface area (Å²) in [5, 5.41) is 2.12. The molecular weight excluding hydrogens is 903 g/mol. The van der Waals surface area contributed by atoms with E-state index in [-0.39, 0.29) is 36.6 Å². The Kier molecular flexibility index (Phi) is 8.83. The van der Waals surface area contributed by atoms with Crippen molar-refractivity contribution in [3.05, 3.63) is 173 Å². The topological polar surface area (TPSA) is 53.1 Å². The first-order chi connectivity index (χ1) is 30.4. The molecule has 0 spiro atoms. The maximum atomic E-state index is 7.28. The molecule has 9 aromatic rings. The quantitative estimate of drug-likeness (QED) is 0.161. The van der Waals surface area contributed by atoms with Crippen molar-refractivity contribution in [3.63, 3.8) is 0 Å². The van der Waals surface area contributed by atoms with Gasteiger partial charge in [-0.3, -0.25) is 4.98 Å². The van der Waals surface area contributed by atoms with E-state index in [1.807, 2.05) is 18.2 Å². The normalized spacial score (nSPS) is 14.8. The van der Waals surface area contributed by atoms with Crippen molar-refractivity contribution in [1.82, 2.24) is 14.5 Å². The first-order valence-corrected chi connectivity index (χ1v) is 19.7. The molecule has 0 bridgehead atoms. The Morgan fingerprint density at radius 1 is 0.729 bits per heavy atom. The molecule has 1 radical (unpaired) electrons. The molecule has 0 amide bonds. The smallest absolute Gasteiger partial charge is 0.135 e. The van der Waals surface area contributed by atoms with Crippen molar-refractivity contribution >= 4 is 33.0 Å². The van der Waals surface area contributed by atoms with Gasteiger partial charge in [0.1, 0.15) is 17.1 Å². The predicted octanol–water partition coefficient (Wildman–Crippen LogP) is 14.2. The molecule has 0 atom stereocenters. The summed E-state index contributed by atoms with van der Waals surface area (Å²) in [5.41, 5.74) is 11.9. The third-order valence-corrected chi connectivity index (χ3v) is 11.2. The van der Waals surface area contributed by atoms with E-state index in [9.17, 15) is 0 Å². The standard InChI is InChI=1S/C40H35N2O2.C13H12N.Ir/c1-23(2)25-13-11-14-26(24(3)4)37(25)42-33-19-9-8-18-32(33)41-39(42)28-16-12-15-27-29-21-31-36(22-35(29)44-38(27)28)43-34-20-10-7-17-30(34)40(31,5)6;1-10-3-6-12(7-4-10)13-8-5-11(2)9-14-13;/h7-15,17-24H,1-6H3;3-6,8-9H,1-2H3;/q2*-1;/i;1D3,2D3;. The van der Waals surface area contributed by atoms with Gasteiger partial charge in [0.25, 0.3) is 0 Å². The molecule has 59 heavy (non-hydrogen) atoms. The number of rotatable bonds is 5. The fourth-order valence-corrected chi connectivity index (χ4v) is 8.17. The molecule has 0 fully saturated rings. The summed E-state index contributed by atoms with van der Waals surface area (Å²) in [6.07, 6.45) is 1.30. The first kappa shape index (κ1) is 33.1. The third-order valence-electron chi connectivity index (χ3n) is 11.2. The van der Waals surface area contributed by atoms with E-state index in [1.165, 1.54) is 46.8 Å². The van der Waals surface area contributed by atoms with Gasteiger partial charge in [0.05, 0.1) is 22.4 Å². The Labute approximate surface area is 368 Å². The van der Waals surface area contributed by atoms with Crippen LogP contribution in [-0.4, -0.2) is 14.5 Å². The monoisotopic (exact) mass is 956 g/mol. The Bertz CT molecular complexity index is 3120. The number of furan rings is 1. The zero-order valence-corrected chi connectivity index (χ0v) is 36.2. The maximum Gasteiger partial charge on any atom is 0.135 e. The molecule has 1 aliphatic heterocycles. The van der Waals surface area contributed by atoms with Crippen LogP contribution >= 0.6 is 0 Å². The molecular formula is C53H47IrN3O2-2. The molecule has 6 heteroatoms. The molecule has 0 unspecified atom stereocenters. The first-order valence-electron chi connectivity index (χ1n) is 22.7. The average Bonchev–Trinajstić information content (AvgIpc) is 3.83. The molecule has 3 aromatic heterocycles. The van der Waals surface area contributed by atoms with E-state index in [4.69, 9.17) is 22.4 Å². The van der Waals surface area contributed by atoms with E-state index in [0.29, 0.717) is 23.1 Å². The Balaban J connectivity index is 0.000000232. The van der Waals surface area contributed by atoms with Crippen LogP contribution in [0.3, 0.4) is 0 Å². The zero-order chi connectivity index (χ0) is 45.3. The maximum absolute atomic E-state index is 7.28. The van der Waals surface area contributed by atoms with E-state index in [2.05, 4.69) is 136 Å². The van der Waals surface area contributed by atoms with Gasteiger partial charge in [0, 0.05) is 68.2 Å². The molecule has 5 nitrogen and oxygen atoms in total. The minimum Gasteiger partial charge on any atom is -0.500 e. The van der Waals surface area contributed by atoms with Gasteiger partial charge < -0.3 is 18.7 Å². The second-order valence-corrected chi connectivity index (χ2v) is 16.0. The van der Waals surface area contributed by atoms with E-state index >= 15 is 0 Å². The Morgan fingerprint density at radius 2 is 1.47 bits per heavy atom. The molecule has 0 saturated carbocycles. The summed E-state index contributed by atoms with van der Waals surface area (Å²) in [4.78, 5) is 9.33. The summed E-state index contributed by atoms with van der Waals surface area (Å²) >= 11 is 0. The number of benzene rings is 6. The summed E-state index contributed by atoms with van der Waals surface area (Å²) < 4.78 is 59.2. The van der Waals surface area contributed by atoms with Crippen LogP contribution in [0, 0.1) is 25.8 Å². The molecule has 4 heterocycles. The Morgan fingerprint density at radius 3 is 2.19 bits per heavy atom. The number of hydrogen-bond acceptors (Lipinski definition) is 4. The summed E-state index contributed by atoms with van der Waals surface area (Å²) in [5.74, 6) is 3.24. The van der Waals surface area contributed by atoms with Crippen LogP contribution in [0.15, 0.2) is 132 Å². The van der Waals surface area contributed by atoms with Gasteiger partial charge in [0.15, 0.2) is 0 Å². The van der Waals surface area contributed by atoms with Gasteiger partial charge in [-0.05, 0) is 65.3 Å². The minimum atomic E-state index is -2.18. The van der Waals surface area contributed by atoms with Gasteiger partial charge in [-0.25, -0.2) is 0 Å². The van der Waals surface area contributed by atoms with E-state index in [0.717, 1.165) is 61.4 Å². The van der Waals surface area contributed by atoms with Crippen molar-refractivity contribution in [1.29, 1.82) is 0 Å². The molecule has 6 aromatic carbocycles. The SMILES string of the molecule is CC(C)c1cccc(C(C)C)c1-n1c(-c2[c-]ccc3c2oc2cc4c(cc23)C(C)(C)c2ccccc2O4)nc2ccccc21.[2H]C([2H])([2H])c1c[c-]c(-c2ccc(C([2H])([2H])[2H])cn2)cc1.[Ir]. The number of pyridine rings is 1. The van der Waals surface area contributed by atoms with Crippen LogP contribution < -0.4 is 4.74 Å². The zero-order valence-electron chi connectivity index (χ0n) is 39.8. The number of ether oxygens (including phenoxy) is 1. The molecule has 297 valence electrons. The fraction of sp³-hybridized carbons (Fsp3) is 0.208. The van der Waals surface area contributed by atoms with E-state index in [1.54, 1.807) is 12.1 Å². The van der Waals surface area contributed by atoms with Crippen molar-refractivity contribution in [2.45, 2.75) is 72.5 Å². The van der Waals surface area contributed by atoms with Crippen molar-refractivity contribution in [2.75, 3.05) is 0 Å². The van der Waals surface area contributed by atoms with Crippen LogP contribution in [0.2, 0.25) is 0 Å². The van der Waals surface area contributed by atoms with Gasteiger partial charge in [0.2, 0.25) is 0 Å². The molecule has 0 N–H and O–H groups in total. The van der Waals surface area contributed by atoms with Crippen LogP contribution in [0.25, 0.3) is 61.3 Å². The fourth-order valence-electron chi connectivity index (χ4n) is 8.17. The Hall–Kier alpha value is -5.81. The average molecular weight is 956 g/mol. The molecule has 10 rings (SSSR count). The number of para-hydroxylation sites is 4. The van der Waals surface area contributed by atoms with Crippen molar-refractivity contribution in [2.24, 2.45) is 0 Å². The van der Waals surface area contributed by atoms with Crippen LogP contribution in [0.1, 0.15) is 95.0 Å². The van der Waals surface area contributed by atoms with Crippen molar-refractivity contribution in [3.8, 4) is 39.8 Å². The molecule has 0 aliphatic carbocycles. The predicted molar refractivity (Wildman–Crippen MR) is 237 cm³/mol. The third kappa shape index (κ3) is 7.09. The minimum absolute atomic E-state index is 0. The molecule has 1 aliphatic rings. The largest absolute Gasteiger partial charge is 0.500 e. The van der Waals surface area contributed by atoms with Crippen LogP contribution in [-0.2, 0) is 25.5 Å². The summed E-state index contributed by atoms with van der Waals surface area (Å²) in [6.45, 7) is 9.24. The van der Waals surface area contributed by atoms with Gasteiger partial charge in [-0.2, -0.15) is 0 Å². The number of aromatic nitrogens is 3. The van der Waals surface area contributed by atoms with Gasteiger partial charge in [-0.1, -0.05) is 120 Å². The number of nitrogens with zero attached hydrogens (tertiary/aromatic N) is 3. The summed E-state index contributed by atoms with van der Waals surface area (Å²) in [6, 6.07) is 45.8.